The van der Waals surface area contributed by atoms with Gasteiger partial charge in [0.1, 0.15) is 0 Å². The Morgan fingerprint density at radius 2 is 1.77 bits per heavy atom. The largest absolute Gasteiger partial charge is 0.0651 e. The molecule has 0 aromatic heterocycles. The second-order valence-electron chi connectivity index (χ2n) is 6.20. The van der Waals surface area contributed by atoms with Crippen LogP contribution in [0.5, 0.6) is 0 Å². The zero-order valence-corrected chi connectivity index (χ0v) is 9.85. The molecule has 0 aliphatic heterocycles. The van der Waals surface area contributed by atoms with Crippen molar-refractivity contribution in [3.63, 3.8) is 0 Å². The van der Waals surface area contributed by atoms with E-state index in [9.17, 15) is 0 Å². The average Bonchev–Trinajstić information content (AvgIpc) is 2.89. The van der Waals surface area contributed by atoms with Crippen LogP contribution >= 0.6 is 0 Å². The van der Waals surface area contributed by atoms with E-state index in [2.05, 4.69) is 34.6 Å². The van der Waals surface area contributed by atoms with E-state index in [0.717, 1.165) is 23.2 Å². The van der Waals surface area contributed by atoms with Crippen molar-refractivity contribution in [3.8, 4) is 0 Å². The molecule has 4 unspecified atom stereocenters. The van der Waals surface area contributed by atoms with Gasteiger partial charge in [-0.05, 0) is 41.4 Å². The van der Waals surface area contributed by atoms with Crippen molar-refractivity contribution >= 4 is 0 Å². The Morgan fingerprint density at radius 1 is 1.15 bits per heavy atom. The van der Waals surface area contributed by atoms with Gasteiger partial charge in [-0.15, -0.1) is 0 Å². The van der Waals surface area contributed by atoms with Crippen molar-refractivity contribution in [2.75, 3.05) is 0 Å². The standard InChI is InChI=1S/C13H24/c1-6-10-7-12(10,4)13(5)8-11(13)9(2)3/h9-11H,6-8H2,1-5H3. The van der Waals surface area contributed by atoms with Gasteiger partial charge in [0.2, 0.25) is 0 Å². The summed E-state index contributed by atoms with van der Waals surface area (Å²) < 4.78 is 0. The van der Waals surface area contributed by atoms with Gasteiger partial charge in [0.15, 0.2) is 0 Å². The smallest absolute Gasteiger partial charge is 0.0235 e. The fraction of sp³-hybridized carbons (Fsp3) is 1.00. The van der Waals surface area contributed by atoms with E-state index in [4.69, 9.17) is 0 Å². The van der Waals surface area contributed by atoms with Gasteiger partial charge in [-0.3, -0.25) is 0 Å². The van der Waals surface area contributed by atoms with Crippen molar-refractivity contribution in [2.24, 2.45) is 28.6 Å². The lowest BCUT2D eigenvalue weighted by Gasteiger charge is -2.23. The minimum Gasteiger partial charge on any atom is -0.0651 e. The van der Waals surface area contributed by atoms with Gasteiger partial charge in [0.25, 0.3) is 0 Å². The molecule has 0 aromatic carbocycles. The summed E-state index contributed by atoms with van der Waals surface area (Å²) in [6, 6.07) is 0. The minimum atomic E-state index is 0.710. The number of hydrogen-bond donors (Lipinski definition) is 0. The van der Waals surface area contributed by atoms with Gasteiger partial charge >= 0.3 is 0 Å². The van der Waals surface area contributed by atoms with E-state index < -0.39 is 0 Å². The summed E-state index contributed by atoms with van der Waals surface area (Å²) >= 11 is 0. The summed E-state index contributed by atoms with van der Waals surface area (Å²) in [7, 11) is 0. The van der Waals surface area contributed by atoms with Crippen molar-refractivity contribution in [1.82, 2.24) is 0 Å². The molecule has 0 nitrogen and oxygen atoms in total. The zero-order chi connectivity index (χ0) is 9.85. The Balaban J connectivity index is 2.04. The predicted molar refractivity (Wildman–Crippen MR) is 57.6 cm³/mol. The highest BCUT2D eigenvalue weighted by molar-refractivity contribution is 5.18. The van der Waals surface area contributed by atoms with Crippen LogP contribution in [0.25, 0.3) is 0 Å². The van der Waals surface area contributed by atoms with Crippen LogP contribution in [0.1, 0.15) is 53.9 Å². The normalized spacial score (nSPS) is 54.0. The highest BCUT2D eigenvalue weighted by Crippen LogP contribution is 2.77. The van der Waals surface area contributed by atoms with Crippen molar-refractivity contribution in [2.45, 2.75) is 53.9 Å². The van der Waals surface area contributed by atoms with Gasteiger partial charge in [-0.25, -0.2) is 0 Å². The summed E-state index contributed by atoms with van der Waals surface area (Å²) in [6.45, 7) is 12.2. The molecule has 0 heteroatoms. The van der Waals surface area contributed by atoms with E-state index >= 15 is 0 Å². The summed E-state index contributed by atoms with van der Waals surface area (Å²) in [4.78, 5) is 0. The lowest BCUT2D eigenvalue weighted by Crippen LogP contribution is -2.17. The van der Waals surface area contributed by atoms with E-state index in [1.165, 1.54) is 19.3 Å². The molecular formula is C13H24. The van der Waals surface area contributed by atoms with E-state index in [0.29, 0.717) is 5.41 Å². The molecule has 0 radical (unpaired) electrons. The van der Waals surface area contributed by atoms with E-state index in [-0.39, 0.29) is 0 Å². The van der Waals surface area contributed by atoms with Gasteiger partial charge in [0.05, 0.1) is 0 Å². The molecule has 13 heavy (non-hydrogen) atoms. The van der Waals surface area contributed by atoms with Crippen LogP contribution in [0, 0.1) is 28.6 Å². The first-order valence-corrected chi connectivity index (χ1v) is 5.95. The van der Waals surface area contributed by atoms with Crippen LogP contribution in [0.3, 0.4) is 0 Å². The Kier molecular flexibility index (Phi) is 1.85. The Hall–Kier alpha value is 0. The molecule has 0 spiro atoms. The Bertz CT molecular complexity index is 218. The second-order valence-corrected chi connectivity index (χ2v) is 6.20. The second kappa shape index (κ2) is 2.52. The zero-order valence-electron chi connectivity index (χ0n) is 9.85. The summed E-state index contributed by atoms with van der Waals surface area (Å²) in [6.07, 6.45) is 4.40. The van der Waals surface area contributed by atoms with Crippen LogP contribution in [-0.2, 0) is 0 Å². The molecule has 4 atom stereocenters. The predicted octanol–water partition coefficient (Wildman–Crippen LogP) is 4.10. The lowest BCUT2D eigenvalue weighted by atomic mass is 9.82. The monoisotopic (exact) mass is 180 g/mol. The summed E-state index contributed by atoms with van der Waals surface area (Å²) in [5.74, 6) is 2.97. The van der Waals surface area contributed by atoms with Crippen LogP contribution in [0.4, 0.5) is 0 Å². The topological polar surface area (TPSA) is 0 Å². The summed E-state index contributed by atoms with van der Waals surface area (Å²) in [5, 5.41) is 0. The van der Waals surface area contributed by atoms with Crippen LogP contribution < -0.4 is 0 Å². The number of rotatable bonds is 3. The van der Waals surface area contributed by atoms with E-state index in [1.807, 2.05) is 0 Å². The SMILES string of the molecule is CCC1CC1(C)C1(C)CC1C(C)C. The summed E-state index contributed by atoms with van der Waals surface area (Å²) in [5.41, 5.74) is 1.43. The quantitative estimate of drug-likeness (QED) is 0.613. The third-order valence-corrected chi connectivity index (χ3v) is 5.32. The first kappa shape index (κ1) is 9.55. The van der Waals surface area contributed by atoms with Crippen molar-refractivity contribution in [1.29, 1.82) is 0 Å². The molecule has 2 saturated carbocycles. The van der Waals surface area contributed by atoms with Crippen LogP contribution in [0.2, 0.25) is 0 Å². The fourth-order valence-corrected chi connectivity index (χ4v) is 3.77. The van der Waals surface area contributed by atoms with E-state index in [1.54, 1.807) is 0 Å². The Morgan fingerprint density at radius 3 is 2.08 bits per heavy atom. The van der Waals surface area contributed by atoms with Crippen molar-refractivity contribution < 1.29 is 0 Å². The third kappa shape index (κ3) is 1.10. The molecule has 2 aliphatic carbocycles. The molecule has 0 amide bonds. The molecule has 0 N–H and O–H groups in total. The maximum absolute atomic E-state index is 2.54. The fourth-order valence-electron chi connectivity index (χ4n) is 3.77. The maximum Gasteiger partial charge on any atom is -0.0235 e. The first-order valence-electron chi connectivity index (χ1n) is 5.95. The molecule has 76 valence electrons. The van der Waals surface area contributed by atoms with Gasteiger partial charge in [-0.1, -0.05) is 41.0 Å². The third-order valence-electron chi connectivity index (χ3n) is 5.32. The van der Waals surface area contributed by atoms with Gasteiger partial charge < -0.3 is 0 Å². The molecule has 2 rings (SSSR count). The molecule has 0 saturated heterocycles. The molecule has 0 heterocycles. The first-order chi connectivity index (χ1) is 5.95. The molecule has 0 aromatic rings. The highest BCUT2D eigenvalue weighted by Gasteiger charge is 2.70. The number of hydrogen-bond acceptors (Lipinski definition) is 0. The van der Waals surface area contributed by atoms with Crippen LogP contribution in [0.15, 0.2) is 0 Å². The molecule has 2 aliphatic rings. The lowest BCUT2D eigenvalue weighted by molar-refractivity contribution is 0.254. The molecule has 2 fully saturated rings. The maximum atomic E-state index is 2.54. The van der Waals surface area contributed by atoms with Crippen molar-refractivity contribution in [3.05, 3.63) is 0 Å². The Labute approximate surface area is 83.1 Å². The van der Waals surface area contributed by atoms with Gasteiger partial charge in [0, 0.05) is 0 Å². The molecule has 0 bridgehead atoms. The van der Waals surface area contributed by atoms with Gasteiger partial charge in [-0.2, -0.15) is 0 Å². The minimum absolute atomic E-state index is 0.710. The highest BCUT2D eigenvalue weighted by atomic mass is 14.7. The van der Waals surface area contributed by atoms with Crippen LogP contribution in [-0.4, -0.2) is 0 Å². The molecular weight excluding hydrogens is 156 g/mol. The average molecular weight is 180 g/mol.